The Morgan fingerprint density at radius 2 is 1.74 bits per heavy atom. The lowest BCUT2D eigenvalue weighted by Crippen LogP contribution is -2.05. The number of hydrogen-bond acceptors (Lipinski definition) is 1. The topological polar surface area (TPSA) is 9.23 Å². The van der Waals surface area contributed by atoms with Gasteiger partial charge in [0.1, 0.15) is 0 Å². The van der Waals surface area contributed by atoms with Crippen molar-refractivity contribution in [2.75, 3.05) is 6.61 Å². The molecule has 0 saturated heterocycles. The van der Waals surface area contributed by atoms with Gasteiger partial charge in [-0.3, -0.25) is 0 Å². The second-order valence-corrected chi connectivity index (χ2v) is 5.13. The molecule has 19 heavy (non-hydrogen) atoms. The SMILES string of the molecule is CC(C)COc1ccc(Cc2ccccc2)cc1F. The van der Waals surface area contributed by atoms with Crippen molar-refractivity contribution >= 4 is 0 Å². The van der Waals surface area contributed by atoms with Gasteiger partial charge in [0.15, 0.2) is 11.6 Å². The van der Waals surface area contributed by atoms with E-state index in [4.69, 9.17) is 4.74 Å². The molecule has 0 atom stereocenters. The molecular weight excluding hydrogens is 239 g/mol. The summed E-state index contributed by atoms with van der Waals surface area (Å²) in [6, 6.07) is 15.2. The summed E-state index contributed by atoms with van der Waals surface area (Å²) in [4.78, 5) is 0. The maximum absolute atomic E-state index is 13.9. The van der Waals surface area contributed by atoms with Gasteiger partial charge in [-0.15, -0.1) is 0 Å². The molecule has 0 radical (unpaired) electrons. The van der Waals surface area contributed by atoms with E-state index in [9.17, 15) is 4.39 Å². The van der Waals surface area contributed by atoms with Gasteiger partial charge in [-0.2, -0.15) is 0 Å². The molecule has 0 unspecified atom stereocenters. The Bertz CT molecular complexity index is 520. The lowest BCUT2D eigenvalue weighted by Gasteiger charge is -2.10. The van der Waals surface area contributed by atoms with Crippen LogP contribution >= 0.6 is 0 Å². The summed E-state index contributed by atoms with van der Waals surface area (Å²) in [6.07, 6.45) is 0.738. The minimum atomic E-state index is -0.283. The quantitative estimate of drug-likeness (QED) is 0.769. The third-order valence-corrected chi connectivity index (χ3v) is 2.82. The van der Waals surface area contributed by atoms with Crippen molar-refractivity contribution < 1.29 is 9.13 Å². The van der Waals surface area contributed by atoms with Crippen LogP contribution in [0.25, 0.3) is 0 Å². The first-order valence-corrected chi connectivity index (χ1v) is 6.60. The van der Waals surface area contributed by atoms with Crippen LogP contribution in [0.5, 0.6) is 5.75 Å². The molecule has 0 fully saturated rings. The van der Waals surface area contributed by atoms with Crippen molar-refractivity contribution in [3.63, 3.8) is 0 Å². The van der Waals surface area contributed by atoms with Crippen LogP contribution < -0.4 is 4.74 Å². The number of ether oxygens (including phenoxy) is 1. The predicted molar refractivity (Wildman–Crippen MR) is 76.0 cm³/mol. The van der Waals surface area contributed by atoms with Gasteiger partial charge in [0.2, 0.25) is 0 Å². The molecule has 0 N–H and O–H groups in total. The van der Waals surface area contributed by atoms with Crippen molar-refractivity contribution in [2.45, 2.75) is 20.3 Å². The van der Waals surface area contributed by atoms with Gasteiger partial charge in [0, 0.05) is 0 Å². The van der Waals surface area contributed by atoms with E-state index < -0.39 is 0 Å². The normalized spacial score (nSPS) is 10.7. The highest BCUT2D eigenvalue weighted by atomic mass is 19.1. The van der Waals surface area contributed by atoms with Crippen LogP contribution in [0.4, 0.5) is 4.39 Å². The van der Waals surface area contributed by atoms with Crippen LogP contribution in [0, 0.1) is 11.7 Å². The molecule has 2 heteroatoms. The van der Waals surface area contributed by atoms with Gasteiger partial charge in [-0.25, -0.2) is 4.39 Å². The summed E-state index contributed by atoms with van der Waals surface area (Å²) >= 11 is 0. The molecule has 0 aliphatic rings. The van der Waals surface area contributed by atoms with Gasteiger partial charge < -0.3 is 4.74 Å². The van der Waals surface area contributed by atoms with Gasteiger partial charge in [0.05, 0.1) is 6.61 Å². The number of rotatable bonds is 5. The van der Waals surface area contributed by atoms with E-state index in [1.165, 1.54) is 5.56 Å². The maximum atomic E-state index is 13.9. The lowest BCUT2D eigenvalue weighted by atomic mass is 10.0. The minimum Gasteiger partial charge on any atom is -0.490 e. The Labute approximate surface area is 114 Å². The average Bonchev–Trinajstić information content (AvgIpc) is 2.39. The first kappa shape index (κ1) is 13.6. The summed E-state index contributed by atoms with van der Waals surface area (Å²) in [5, 5.41) is 0. The van der Waals surface area contributed by atoms with Crippen molar-refractivity contribution in [1.82, 2.24) is 0 Å². The number of benzene rings is 2. The zero-order chi connectivity index (χ0) is 13.7. The Morgan fingerprint density at radius 3 is 2.37 bits per heavy atom. The van der Waals surface area contributed by atoms with E-state index in [1.54, 1.807) is 12.1 Å². The van der Waals surface area contributed by atoms with Crippen LogP contribution in [0.15, 0.2) is 48.5 Å². The maximum Gasteiger partial charge on any atom is 0.165 e. The number of halogens is 1. The molecule has 0 saturated carbocycles. The molecule has 0 heterocycles. The average molecular weight is 258 g/mol. The molecule has 1 nitrogen and oxygen atoms in total. The van der Waals surface area contributed by atoms with Crippen LogP contribution in [-0.4, -0.2) is 6.61 Å². The van der Waals surface area contributed by atoms with Gasteiger partial charge in [-0.05, 0) is 35.6 Å². The summed E-state index contributed by atoms with van der Waals surface area (Å²) < 4.78 is 19.3. The van der Waals surface area contributed by atoms with E-state index in [-0.39, 0.29) is 5.82 Å². The van der Waals surface area contributed by atoms with Crippen LogP contribution in [0.1, 0.15) is 25.0 Å². The third kappa shape index (κ3) is 4.09. The summed E-state index contributed by atoms with van der Waals surface area (Å²) in [6.45, 7) is 4.62. The molecule has 0 bridgehead atoms. The third-order valence-electron chi connectivity index (χ3n) is 2.82. The van der Waals surface area contributed by atoms with Crippen molar-refractivity contribution in [3.05, 3.63) is 65.5 Å². The summed E-state index contributed by atoms with van der Waals surface area (Å²) in [5.41, 5.74) is 2.14. The highest BCUT2D eigenvalue weighted by Crippen LogP contribution is 2.20. The molecule has 2 aromatic carbocycles. The molecule has 0 spiro atoms. The minimum absolute atomic E-state index is 0.283. The summed E-state index contributed by atoms with van der Waals surface area (Å²) in [7, 11) is 0. The highest BCUT2D eigenvalue weighted by Gasteiger charge is 2.06. The zero-order valence-electron chi connectivity index (χ0n) is 11.4. The Balaban J connectivity index is 2.06. The predicted octanol–water partition coefficient (Wildman–Crippen LogP) is 4.45. The molecular formula is C17H19FO. The fourth-order valence-corrected chi connectivity index (χ4v) is 1.86. The Hall–Kier alpha value is -1.83. The Morgan fingerprint density at radius 1 is 1.00 bits per heavy atom. The standard InChI is InChI=1S/C17H19FO/c1-13(2)12-19-17-9-8-15(11-16(17)18)10-14-6-4-3-5-7-14/h3-9,11,13H,10,12H2,1-2H3. The molecule has 100 valence electrons. The van der Waals surface area contributed by atoms with E-state index >= 15 is 0 Å². The second-order valence-electron chi connectivity index (χ2n) is 5.13. The van der Waals surface area contributed by atoms with Crippen molar-refractivity contribution in [2.24, 2.45) is 5.92 Å². The smallest absolute Gasteiger partial charge is 0.165 e. The van der Waals surface area contributed by atoms with E-state index in [0.29, 0.717) is 18.3 Å². The Kier molecular flexibility index (Phi) is 4.56. The van der Waals surface area contributed by atoms with Gasteiger partial charge in [0.25, 0.3) is 0 Å². The van der Waals surface area contributed by atoms with E-state index in [2.05, 4.69) is 0 Å². The molecule has 0 aliphatic carbocycles. The highest BCUT2D eigenvalue weighted by molar-refractivity contribution is 5.32. The van der Waals surface area contributed by atoms with Crippen LogP contribution in [0.2, 0.25) is 0 Å². The van der Waals surface area contributed by atoms with E-state index in [1.807, 2.05) is 50.2 Å². The van der Waals surface area contributed by atoms with Crippen molar-refractivity contribution in [3.8, 4) is 5.75 Å². The fourth-order valence-electron chi connectivity index (χ4n) is 1.86. The molecule has 0 aromatic heterocycles. The van der Waals surface area contributed by atoms with E-state index in [0.717, 1.165) is 12.0 Å². The second kappa shape index (κ2) is 6.37. The molecule has 2 aromatic rings. The first-order chi connectivity index (χ1) is 9.15. The monoisotopic (exact) mass is 258 g/mol. The van der Waals surface area contributed by atoms with Gasteiger partial charge in [-0.1, -0.05) is 50.2 Å². The molecule has 2 rings (SSSR count). The van der Waals surface area contributed by atoms with Crippen LogP contribution in [0.3, 0.4) is 0 Å². The lowest BCUT2D eigenvalue weighted by molar-refractivity contribution is 0.259. The zero-order valence-corrected chi connectivity index (χ0v) is 11.4. The number of hydrogen-bond donors (Lipinski definition) is 0. The van der Waals surface area contributed by atoms with Gasteiger partial charge >= 0.3 is 0 Å². The van der Waals surface area contributed by atoms with Crippen molar-refractivity contribution in [1.29, 1.82) is 0 Å². The van der Waals surface area contributed by atoms with Crippen LogP contribution in [-0.2, 0) is 6.42 Å². The largest absolute Gasteiger partial charge is 0.490 e. The molecule has 0 amide bonds. The molecule has 0 aliphatic heterocycles. The summed E-state index contributed by atoms with van der Waals surface area (Å²) in [5.74, 6) is 0.447. The first-order valence-electron chi connectivity index (χ1n) is 6.60. The fraction of sp³-hybridized carbons (Fsp3) is 0.294.